The highest BCUT2D eigenvalue weighted by atomic mass is 19.4. The van der Waals surface area contributed by atoms with Crippen LogP contribution in [-0.4, -0.2) is 16.1 Å². The predicted octanol–water partition coefficient (Wildman–Crippen LogP) is 3.33. The predicted molar refractivity (Wildman–Crippen MR) is 79.6 cm³/mol. The average Bonchev–Trinajstić information content (AvgIpc) is 2.89. The van der Waals surface area contributed by atoms with Crippen molar-refractivity contribution in [3.8, 4) is 0 Å². The average molecular weight is 325 g/mol. The molecule has 1 aromatic heterocycles. The first-order valence-corrected chi connectivity index (χ1v) is 7.07. The van der Waals surface area contributed by atoms with Crippen LogP contribution in [0.1, 0.15) is 36.2 Å². The second-order valence-corrected chi connectivity index (χ2v) is 5.91. The van der Waals surface area contributed by atoms with E-state index in [1.807, 2.05) is 6.92 Å². The van der Waals surface area contributed by atoms with Gasteiger partial charge in [-0.25, -0.2) is 0 Å². The van der Waals surface area contributed by atoms with Crippen LogP contribution in [0, 0.1) is 6.92 Å². The number of carbonyl (C=O) groups excluding carboxylic acids is 1. The lowest BCUT2D eigenvalue weighted by Gasteiger charge is -2.25. The smallest absolute Gasteiger partial charge is 0.351 e. The number of halogens is 3. The van der Waals surface area contributed by atoms with Crippen molar-refractivity contribution in [1.29, 1.82) is 0 Å². The zero-order chi connectivity index (χ0) is 17.3. The van der Waals surface area contributed by atoms with Crippen molar-refractivity contribution in [1.82, 2.24) is 15.5 Å². The Balaban J connectivity index is 2.17. The number of rotatable bonds is 4. The standard InChI is InChI=1S/C16H18F3N3O/c1-10-11(9-21-22-10)8-20-14(23)15(2,3)12-5-4-6-13(7-12)16(17,18)19/h4-7,9H,8H2,1-3H3,(H,20,23)(H,21,22). The highest BCUT2D eigenvalue weighted by Crippen LogP contribution is 2.32. The molecule has 1 amide bonds. The second kappa shape index (κ2) is 6.06. The van der Waals surface area contributed by atoms with Crippen molar-refractivity contribution < 1.29 is 18.0 Å². The van der Waals surface area contributed by atoms with Gasteiger partial charge in [-0.3, -0.25) is 9.89 Å². The first kappa shape index (κ1) is 17.1. The van der Waals surface area contributed by atoms with Crippen molar-refractivity contribution in [3.05, 3.63) is 52.8 Å². The Hall–Kier alpha value is -2.31. The molecule has 124 valence electrons. The van der Waals surface area contributed by atoms with Gasteiger partial charge in [0, 0.05) is 17.8 Å². The van der Waals surface area contributed by atoms with Gasteiger partial charge >= 0.3 is 6.18 Å². The maximum atomic E-state index is 12.8. The fourth-order valence-corrected chi connectivity index (χ4v) is 2.17. The number of nitrogens with zero attached hydrogens (tertiary/aromatic N) is 1. The molecular weight excluding hydrogens is 307 g/mol. The normalized spacial score (nSPS) is 12.3. The molecule has 0 aliphatic rings. The molecular formula is C16H18F3N3O. The highest BCUT2D eigenvalue weighted by Gasteiger charge is 2.34. The van der Waals surface area contributed by atoms with E-state index >= 15 is 0 Å². The van der Waals surface area contributed by atoms with E-state index in [2.05, 4.69) is 15.5 Å². The zero-order valence-electron chi connectivity index (χ0n) is 13.1. The maximum Gasteiger partial charge on any atom is 0.416 e. The fourth-order valence-electron chi connectivity index (χ4n) is 2.17. The van der Waals surface area contributed by atoms with Crippen LogP contribution in [0.15, 0.2) is 30.5 Å². The lowest BCUT2D eigenvalue weighted by molar-refractivity contribution is -0.138. The van der Waals surface area contributed by atoms with E-state index in [0.717, 1.165) is 23.4 Å². The Labute approximate surface area is 132 Å². The lowest BCUT2D eigenvalue weighted by Crippen LogP contribution is -2.39. The van der Waals surface area contributed by atoms with Crippen LogP contribution in [-0.2, 0) is 22.9 Å². The summed E-state index contributed by atoms with van der Waals surface area (Å²) < 4.78 is 38.5. The number of nitrogens with one attached hydrogen (secondary N) is 2. The Bertz CT molecular complexity index is 705. The van der Waals surface area contributed by atoms with Gasteiger partial charge in [0.05, 0.1) is 17.2 Å². The Morgan fingerprint density at radius 3 is 2.48 bits per heavy atom. The minimum atomic E-state index is -4.43. The summed E-state index contributed by atoms with van der Waals surface area (Å²) in [5.74, 6) is -0.350. The van der Waals surface area contributed by atoms with Crippen LogP contribution in [0.3, 0.4) is 0 Å². The van der Waals surface area contributed by atoms with Gasteiger partial charge in [-0.1, -0.05) is 18.2 Å². The number of carbonyl (C=O) groups is 1. The van der Waals surface area contributed by atoms with E-state index in [0.29, 0.717) is 5.56 Å². The molecule has 4 nitrogen and oxygen atoms in total. The van der Waals surface area contributed by atoms with Crippen molar-refractivity contribution in [2.24, 2.45) is 0 Å². The molecule has 0 saturated carbocycles. The van der Waals surface area contributed by atoms with E-state index in [1.54, 1.807) is 20.0 Å². The molecule has 0 saturated heterocycles. The summed E-state index contributed by atoms with van der Waals surface area (Å²) in [5, 5.41) is 9.36. The minimum Gasteiger partial charge on any atom is -0.351 e. The summed E-state index contributed by atoms with van der Waals surface area (Å²) in [6.07, 6.45) is -2.83. The number of alkyl halides is 3. The van der Waals surface area contributed by atoms with Gasteiger partial charge in [-0.05, 0) is 32.4 Å². The van der Waals surface area contributed by atoms with Gasteiger partial charge in [0.25, 0.3) is 0 Å². The summed E-state index contributed by atoms with van der Waals surface area (Å²) in [5.41, 5.74) is 0.134. The first-order valence-electron chi connectivity index (χ1n) is 7.07. The summed E-state index contributed by atoms with van der Waals surface area (Å²) in [6, 6.07) is 4.85. The van der Waals surface area contributed by atoms with Crippen LogP contribution < -0.4 is 5.32 Å². The molecule has 0 aliphatic heterocycles. The van der Waals surface area contributed by atoms with Crippen LogP contribution in [0.25, 0.3) is 0 Å². The Morgan fingerprint density at radius 2 is 1.91 bits per heavy atom. The second-order valence-electron chi connectivity index (χ2n) is 5.91. The third kappa shape index (κ3) is 3.72. The van der Waals surface area contributed by atoms with Crippen LogP contribution >= 0.6 is 0 Å². The van der Waals surface area contributed by atoms with Gasteiger partial charge in [0.1, 0.15) is 0 Å². The van der Waals surface area contributed by atoms with Gasteiger partial charge in [-0.2, -0.15) is 18.3 Å². The van der Waals surface area contributed by atoms with E-state index in [9.17, 15) is 18.0 Å². The molecule has 0 fully saturated rings. The van der Waals surface area contributed by atoms with Crippen LogP contribution in [0.2, 0.25) is 0 Å². The highest BCUT2D eigenvalue weighted by molar-refractivity contribution is 5.87. The molecule has 1 heterocycles. The Morgan fingerprint density at radius 1 is 1.26 bits per heavy atom. The number of aromatic nitrogens is 2. The van der Waals surface area contributed by atoms with Gasteiger partial charge in [-0.15, -0.1) is 0 Å². The summed E-state index contributed by atoms with van der Waals surface area (Å²) in [6.45, 7) is 5.29. The molecule has 2 N–H and O–H groups in total. The molecule has 0 bridgehead atoms. The third-order valence-corrected chi connectivity index (χ3v) is 3.85. The molecule has 0 unspecified atom stereocenters. The SMILES string of the molecule is Cc1[nH]ncc1CNC(=O)C(C)(C)c1cccc(C(F)(F)F)c1. The summed E-state index contributed by atoms with van der Waals surface area (Å²) in [7, 11) is 0. The molecule has 23 heavy (non-hydrogen) atoms. The molecule has 0 aliphatic carbocycles. The van der Waals surface area contributed by atoms with Crippen LogP contribution in [0.4, 0.5) is 13.2 Å². The molecule has 1 aromatic carbocycles. The number of amides is 1. The number of hydrogen-bond acceptors (Lipinski definition) is 2. The molecule has 0 atom stereocenters. The zero-order valence-corrected chi connectivity index (χ0v) is 13.1. The largest absolute Gasteiger partial charge is 0.416 e. The number of hydrogen-bond donors (Lipinski definition) is 2. The molecule has 2 aromatic rings. The summed E-state index contributed by atoms with van der Waals surface area (Å²) >= 11 is 0. The topological polar surface area (TPSA) is 57.8 Å². The van der Waals surface area contributed by atoms with Gasteiger partial charge < -0.3 is 5.32 Å². The van der Waals surface area contributed by atoms with Crippen molar-refractivity contribution in [2.45, 2.75) is 38.9 Å². The van der Waals surface area contributed by atoms with Gasteiger partial charge in [0.15, 0.2) is 0 Å². The third-order valence-electron chi connectivity index (χ3n) is 3.85. The monoisotopic (exact) mass is 325 g/mol. The number of H-pyrrole nitrogens is 1. The van der Waals surface area contributed by atoms with E-state index in [1.165, 1.54) is 12.1 Å². The molecule has 0 spiro atoms. The summed E-state index contributed by atoms with van der Waals surface area (Å²) in [4.78, 5) is 12.4. The van der Waals surface area contributed by atoms with Crippen molar-refractivity contribution >= 4 is 5.91 Å². The maximum absolute atomic E-state index is 12.8. The van der Waals surface area contributed by atoms with Gasteiger partial charge in [0.2, 0.25) is 5.91 Å². The minimum absolute atomic E-state index is 0.267. The molecule has 2 rings (SSSR count). The Kier molecular flexibility index (Phi) is 4.49. The first-order chi connectivity index (χ1) is 10.6. The van der Waals surface area contributed by atoms with Crippen molar-refractivity contribution in [3.63, 3.8) is 0 Å². The van der Waals surface area contributed by atoms with E-state index in [-0.39, 0.29) is 12.5 Å². The number of aromatic amines is 1. The quantitative estimate of drug-likeness (QED) is 0.906. The lowest BCUT2D eigenvalue weighted by atomic mass is 9.83. The fraction of sp³-hybridized carbons (Fsp3) is 0.375. The van der Waals surface area contributed by atoms with Crippen molar-refractivity contribution in [2.75, 3.05) is 0 Å². The number of benzene rings is 1. The molecule has 7 heteroatoms. The van der Waals surface area contributed by atoms with Crippen LogP contribution in [0.5, 0.6) is 0 Å². The van der Waals surface area contributed by atoms with E-state index < -0.39 is 17.2 Å². The number of aryl methyl sites for hydroxylation is 1. The van der Waals surface area contributed by atoms with E-state index in [4.69, 9.17) is 0 Å². The molecule has 0 radical (unpaired) electrons.